The van der Waals surface area contributed by atoms with Crippen LogP contribution in [0.2, 0.25) is 5.02 Å². The monoisotopic (exact) mass is 283 g/mol. The molecule has 1 fully saturated rings. The van der Waals surface area contributed by atoms with E-state index in [4.69, 9.17) is 11.6 Å². The first-order valence-electron chi connectivity index (χ1n) is 6.27. The van der Waals surface area contributed by atoms with Gasteiger partial charge in [0, 0.05) is 29.6 Å². The van der Waals surface area contributed by atoms with Gasteiger partial charge in [0.2, 0.25) is 0 Å². The lowest BCUT2D eigenvalue weighted by Crippen LogP contribution is -2.24. The first-order valence-corrected chi connectivity index (χ1v) is 7.93. The van der Waals surface area contributed by atoms with Crippen LogP contribution in [-0.4, -0.2) is 30.9 Å². The van der Waals surface area contributed by atoms with E-state index in [1.54, 1.807) is 0 Å². The highest BCUT2D eigenvalue weighted by atomic mass is 35.5. The van der Waals surface area contributed by atoms with Gasteiger partial charge in [0.1, 0.15) is 0 Å². The molecule has 18 heavy (non-hydrogen) atoms. The minimum atomic E-state index is 0.549. The Kier molecular flexibility index (Phi) is 4.95. The molecule has 1 aliphatic heterocycles. The number of anilines is 1. The van der Waals surface area contributed by atoms with Crippen molar-refractivity contribution in [2.45, 2.75) is 24.5 Å². The molecule has 1 aliphatic rings. The van der Waals surface area contributed by atoms with Crippen molar-refractivity contribution >= 4 is 35.3 Å². The van der Waals surface area contributed by atoms with Gasteiger partial charge in [-0.05, 0) is 43.7 Å². The number of thioether (sulfide) groups is 1. The Bertz CT molecular complexity index is 424. The van der Waals surface area contributed by atoms with E-state index in [9.17, 15) is 4.79 Å². The van der Waals surface area contributed by atoms with Gasteiger partial charge in [-0.25, -0.2) is 0 Å². The van der Waals surface area contributed by atoms with Crippen molar-refractivity contribution in [3.8, 4) is 0 Å². The van der Waals surface area contributed by atoms with E-state index < -0.39 is 0 Å². The first kappa shape index (κ1) is 13.8. The lowest BCUT2D eigenvalue weighted by molar-refractivity contribution is 0.112. The maximum Gasteiger partial charge on any atom is 0.151 e. The zero-order chi connectivity index (χ0) is 13.0. The highest BCUT2D eigenvalue weighted by Crippen LogP contribution is 2.27. The van der Waals surface area contributed by atoms with Crippen LogP contribution in [-0.2, 0) is 0 Å². The van der Waals surface area contributed by atoms with Gasteiger partial charge in [-0.15, -0.1) is 0 Å². The van der Waals surface area contributed by atoms with E-state index in [2.05, 4.69) is 11.2 Å². The fraction of sp³-hybridized carbons (Fsp3) is 0.500. The lowest BCUT2D eigenvalue weighted by Gasteiger charge is -2.23. The predicted octanol–water partition coefficient (Wildman–Crippen LogP) is 3.87. The average Bonchev–Trinajstić information content (AvgIpc) is 2.63. The Balaban J connectivity index is 2.11. The van der Waals surface area contributed by atoms with Gasteiger partial charge < -0.3 is 4.90 Å². The summed E-state index contributed by atoms with van der Waals surface area (Å²) in [5.41, 5.74) is 1.70. The molecule has 1 atom stereocenters. The van der Waals surface area contributed by atoms with Gasteiger partial charge >= 0.3 is 0 Å². The number of carbonyl (C=O) groups is 1. The second-order valence-corrected chi connectivity index (χ2v) is 6.14. The smallest absolute Gasteiger partial charge is 0.151 e. The topological polar surface area (TPSA) is 20.3 Å². The van der Waals surface area contributed by atoms with Gasteiger partial charge in [0.15, 0.2) is 6.29 Å². The molecule has 0 N–H and O–H groups in total. The first-order chi connectivity index (χ1) is 8.74. The third-order valence-electron chi connectivity index (χ3n) is 3.48. The number of rotatable bonds is 3. The van der Waals surface area contributed by atoms with Gasteiger partial charge in [-0.1, -0.05) is 11.6 Å². The summed E-state index contributed by atoms with van der Waals surface area (Å²) in [7, 11) is 0. The van der Waals surface area contributed by atoms with E-state index in [1.807, 2.05) is 30.0 Å². The molecule has 0 saturated carbocycles. The highest BCUT2D eigenvalue weighted by Gasteiger charge is 2.16. The second kappa shape index (κ2) is 6.48. The maximum absolute atomic E-state index is 10.8. The number of carbonyl (C=O) groups excluding carboxylic acids is 1. The largest absolute Gasteiger partial charge is 0.371 e. The second-order valence-electron chi connectivity index (χ2n) is 4.60. The van der Waals surface area contributed by atoms with Gasteiger partial charge in [0.25, 0.3) is 0 Å². The highest BCUT2D eigenvalue weighted by molar-refractivity contribution is 7.99. The van der Waals surface area contributed by atoms with Crippen molar-refractivity contribution in [1.82, 2.24) is 0 Å². The molecule has 0 spiro atoms. The van der Waals surface area contributed by atoms with Crippen LogP contribution < -0.4 is 4.90 Å². The molecule has 1 aromatic rings. The molecule has 0 aliphatic carbocycles. The maximum atomic E-state index is 10.8. The molecule has 0 bridgehead atoms. The summed E-state index contributed by atoms with van der Waals surface area (Å²) in [6, 6.07) is 5.71. The molecular formula is C14H18ClNOS. The standard InChI is InChI=1S/C14H18ClNOS/c1-18-13-3-2-7-16(8-6-13)12-5-4-11(10-17)14(15)9-12/h4-5,9-10,13H,2-3,6-8H2,1H3. The van der Waals surface area contributed by atoms with Gasteiger partial charge in [-0.2, -0.15) is 11.8 Å². The molecule has 1 unspecified atom stereocenters. The SMILES string of the molecule is CSC1CCCN(c2ccc(C=O)c(Cl)c2)CC1. The summed E-state index contributed by atoms with van der Waals surface area (Å²) >= 11 is 8.05. The zero-order valence-corrected chi connectivity index (χ0v) is 12.1. The predicted molar refractivity (Wildman–Crippen MR) is 80.2 cm³/mol. The number of aldehydes is 1. The fourth-order valence-corrected chi connectivity index (χ4v) is 3.33. The molecule has 1 heterocycles. The van der Waals surface area contributed by atoms with Crippen molar-refractivity contribution in [1.29, 1.82) is 0 Å². The van der Waals surface area contributed by atoms with Crippen LogP contribution >= 0.6 is 23.4 Å². The minimum absolute atomic E-state index is 0.549. The van der Waals surface area contributed by atoms with Crippen LogP contribution in [0.15, 0.2) is 18.2 Å². The van der Waals surface area contributed by atoms with Crippen LogP contribution in [0.25, 0.3) is 0 Å². The molecule has 2 rings (SSSR count). The van der Waals surface area contributed by atoms with E-state index >= 15 is 0 Å². The van der Waals surface area contributed by atoms with Crippen LogP contribution in [0.1, 0.15) is 29.6 Å². The quantitative estimate of drug-likeness (QED) is 0.786. The Labute approximate surface area is 118 Å². The van der Waals surface area contributed by atoms with Crippen LogP contribution in [0.3, 0.4) is 0 Å². The Morgan fingerprint density at radius 3 is 2.89 bits per heavy atom. The average molecular weight is 284 g/mol. The fourth-order valence-electron chi connectivity index (χ4n) is 2.37. The summed E-state index contributed by atoms with van der Waals surface area (Å²) in [6.45, 7) is 2.15. The molecule has 2 nitrogen and oxygen atoms in total. The normalized spacial score (nSPS) is 20.6. The number of benzene rings is 1. The number of nitrogens with zero attached hydrogens (tertiary/aromatic N) is 1. The molecule has 4 heteroatoms. The lowest BCUT2D eigenvalue weighted by atomic mass is 10.2. The molecule has 0 aromatic heterocycles. The summed E-state index contributed by atoms with van der Waals surface area (Å²) in [5.74, 6) is 0. The summed E-state index contributed by atoms with van der Waals surface area (Å²) in [4.78, 5) is 13.1. The summed E-state index contributed by atoms with van der Waals surface area (Å²) < 4.78 is 0. The Morgan fingerprint density at radius 2 is 2.22 bits per heavy atom. The van der Waals surface area contributed by atoms with Crippen molar-refractivity contribution in [2.24, 2.45) is 0 Å². The van der Waals surface area contributed by atoms with Gasteiger partial charge in [0.05, 0.1) is 5.02 Å². The molecule has 1 aromatic carbocycles. The Morgan fingerprint density at radius 1 is 1.39 bits per heavy atom. The van der Waals surface area contributed by atoms with E-state index in [1.165, 1.54) is 19.3 Å². The molecule has 1 saturated heterocycles. The van der Waals surface area contributed by atoms with Gasteiger partial charge in [-0.3, -0.25) is 4.79 Å². The molecular weight excluding hydrogens is 266 g/mol. The van der Waals surface area contributed by atoms with Crippen LogP contribution in [0, 0.1) is 0 Å². The molecule has 0 amide bonds. The zero-order valence-electron chi connectivity index (χ0n) is 10.6. The Hall–Kier alpha value is -0.670. The number of hydrogen-bond donors (Lipinski definition) is 0. The summed E-state index contributed by atoms with van der Waals surface area (Å²) in [5, 5.41) is 1.33. The van der Waals surface area contributed by atoms with Crippen LogP contribution in [0.4, 0.5) is 5.69 Å². The van der Waals surface area contributed by atoms with E-state index in [0.717, 1.165) is 30.3 Å². The minimum Gasteiger partial charge on any atom is -0.371 e. The van der Waals surface area contributed by atoms with Crippen molar-refractivity contribution in [3.05, 3.63) is 28.8 Å². The van der Waals surface area contributed by atoms with E-state index in [-0.39, 0.29) is 0 Å². The van der Waals surface area contributed by atoms with E-state index in [0.29, 0.717) is 10.6 Å². The van der Waals surface area contributed by atoms with Crippen molar-refractivity contribution in [2.75, 3.05) is 24.2 Å². The van der Waals surface area contributed by atoms with Crippen molar-refractivity contribution < 1.29 is 4.79 Å². The third kappa shape index (κ3) is 3.21. The number of hydrogen-bond acceptors (Lipinski definition) is 3. The molecule has 0 radical (unpaired) electrons. The summed E-state index contributed by atoms with van der Waals surface area (Å²) in [6.07, 6.45) is 6.72. The number of halogens is 1. The van der Waals surface area contributed by atoms with Crippen molar-refractivity contribution in [3.63, 3.8) is 0 Å². The van der Waals surface area contributed by atoms with Crippen LogP contribution in [0.5, 0.6) is 0 Å². The third-order valence-corrected chi connectivity index (χ3v) is 4.95. The molecule has 98 valence electrons.